The van der Waals surface area contributed by atoms with Gasteiger partial charge in [0.1, 0.15) is 11.4 Å². The van der Waals surface area contributed by atoms with Gasteiger partial charge in [0.15, 0.2) is 0 Å². The first-order chi connectivity index (χ1) is 8.95. The van der Waals surface area contributed by atoms with Gasteiger partial charge in [-0.15, -0.1) is 0 Å². The third kappa shape index (κ3) is 2.87. The number of carboxylic acid groups (broad SMARTS) is 1. The third-order valence-corrected chi connectivity index (χ3v) is 3.39. The maximum Gasteiger partial charge on any atom is 0.329 e. The lowest BCUT2D eigenvalue weighted by atomic mass is 9.74. The smallest absolute Gasteiger partial charge is 0.329 e. The molecule has 0 amide bonds. The molecule has 0 aliphatic heterocycles. The quantitative estimate of drug-likeness (QED) is 0.860. The highest BCUT2D eigenvalue weighted by Crippen LogP contribution is 2.38. The SMILES string of the molecule is CCOC1CC(Nc2cc(C)cc(F)c2)(C(=O)O)C1. The molecule has 4 nitrogen and oxygen atoms in total. The van der Waals surface area contributed by atoms with Gasteiger partial charge in [-0.2, -0.15) is 0 Å². The second kappa shape index (κ2) is 5.17. The lowest BCUT2D eigenvalue weighted by molar-refractivity contribution is -0.152. The molecule has 1 aliphatic rings. The maximum absolute atomic E-state index is 13.3. The number of hydrogen-bond acceptors (Lipinski definition) is 3. The Hall–Kier alpha value is -1.62. The molecule has 1 saturated carbocycles. The highest BCUT2D eigenvalue weighted by Gasteiger charge is 2.51. The second-order valence-electron chi connectivity index (χ2n) is 5.02. The molecule has 0 saturated heterocycles. The Labute approximate surface area is 111 Å². The van der Waals surface area contributed by atoms with Crippen molar-refractivity contribution in [2.24, 2.45) is 0 Å². The zero-order valence-corrected chi connectivity index (χ0v) is 11.1. The summed E-state index contributed by atoms with van der Waals surface area (Å²) in [7, 11) is 0. The normalized spacial score (nSPS) is 25.7. The molecule has 1 aliphatic carbocycles. The van der Waals surface area contributed by atoms with Crippen molar-refractivity contribution in [1.82, 2.24) is 0 Å². The van der Waals surface area contributed by atoms with E-state index in [-0.39, 0.29) is 11.9 Å². The van der Waals surface area contributed by atoms with Gasteiger partial charge in [-0.3, -0.25) is 0 Å². The van der Waals surface area contributed by atoms with Crippen molar-refractivity contribution < 1.29 is 19.0 Å². The Morgan fingerprint density at radius 2 is 2.21 bits per heavy atom. The van der Waals surface area contributed by atoms with Crippen molar-refractivity contribution in [1.29, 1.82) is 0 Å². The van der Waals surface area contributed by atoms with Crippen molar-refractivity contribution in [2.75, 3.05) is 11.9 Å². The van der Waals surface area contributed by atoms with Crippen molar-refractivity contribution in [2.45, 2.75) is 38.3 Å². The first kappa shape index (κ1) is 13.8. The molecular formula is C14H18FNO3. The van der Waals surface area contributed by atoms with Crippen LogP contribution in [0.5, 0.6) is 0 Å². The summed E-state index contributed by atoms with van der Waals surface area (Å²) in [5.41, 5.74) is 0.207. The van der Waals surface area contributed by atoms with Crippen LogP contribution in [0.25, 0.3) is 0 Å². The minimum Gasteiger partial charge on any atom is -0.480 e. The highest BCUT2D eigenvalue weighted by atomic mass is 19.1. The topological polar surface area (TPSA) is 58.6 Å². The van der Waals surface area contributed by atoms with E-state index < -0.39 is 11.5 Å². The van der Waals surface area contributed by atoms with Crippen LogP contribution in [0.15, 0.2) is 18.2 Å². The molecule has 19 heavy (non-hydrogen) atoms. The molecule has 0 aromatic heterocycles. The van der Waals surface area contributed by atoms with Gasteiger partial charge in [0.05, 0.1) is 6.10 Å². The molecule has 0 heterocycles. The average Bonchev–Trinajstić information content (AvgIpc) is 2.24. The van der Waals surface area contributed by atoms with Gasteiger partial charge in [0.25, 0.3) is 0 Å². The number of rotatable bonds is 5. The van der Waals surface area contributed by atoms with Gasteiger partial charge in [0.2, 0.25) is 0 Å². The van der Waals surface area contributed by atoms with Crippen LogP contribution in [0.1, 0.15) is 25.3 Å². The van der Waals surface area contributed by atoms with Crippen LogP contribution in [0.4, 0.5) is 10.1 Å². The van der Waals surface area contributed by atoms with E-state index in [1.54, 1.807) is 13.0 Å². The van der Waals surface area contributed by atoms with E-state index in [1.807, 2.05) is 6.92 Å². The standard InChI is InChI=1S/C14H18FNO3/c1-3-19-12-7-14(8-12,13(17)18)16-11-5-9(2)4-10(15)6-11/h4-6,12,16H,3,7-8H2,1-2H3,(H,17,18). The summed E-state index contributed by atoms with van der Waals surface area (Å²) in [6, 6.07) is 4.45. The molecular weight excluding hydrogens is 249 g/mol. The number of carboxylic acids is 1. The summed E-state index contributed by atoms with van der Waals surface area (Å²) in [5, 5.41) is 12.3. The fourth-order valence-corrected chi connectivity index (χ4v) is 2.49. The van der Waals surface area contributed by atoms with Crippen LogP contribution in [0, 0.1) is 12.7 Å². The molecule has 1 fully saturated rings. The number of hydrogen-bond donors (Lipinski definition) is 2. The van der Waals surface area contributed by atoms with Crippen molar-refractivity contribution >= 4 is 11.7 Å². The molecule has 2 rings (SSSR count). The zero-order chi connectivity index (χ0) is 14.0. The molecule has 0 radical (unpaired) electrons. The maximum atomic E-state index is 13.3. The summed E-state index contributed by atoms with van der Waals surface area (Å²) < 4.78 is 18.7. The molecule has 0 atom stereocenters. The predicted octanol–water partition coefficient (Wildman–Crippen LogP) is 2.57. The number of anilines is 1. The van der Waals surface area contributed by atoms with E-state index in [2.05, 4.69) is 5.32 Å². The number of benzene rings is 1. The molecule has 5 heteroatoms. The van der Waals surface area contributed by atoms with Crippen LogP contribution in [0.3, 0.4) is 0 Å². The monoisotopic (exact) mass is 267 g/mol. The van der Waals surface area contributed by atoms with E-state index >= 15 is 0 Å². The fourth-order valence-electron chi connectivity index (χ4n) is 2.49. The van der Waals surface area contributed by atoms with Crippen molar-refractivity contribution in [3.05, 3.63) is 29.6 Å². The lowest BCUT2D eigenvalue weighted by Gasteiger charge is -2.44. The average molecular weight is 267 g/mol. The fraction of sp³-hybridized carbons (Fsp3) is 0.500. The van der Waals surface area contributed by atoms with Gasteiger partial charge >= 0.3 is 5.97 Å². The number of aliphatic carboxylic acids is 1. The first-order valence-electron chi connectivity index (χ1n) is 6.35. The van der Waals surface area contributed by atoms with Crippen LogP contribution in [-0.4, -0.2) is 29.3 Å². The summed E-state index contributed by atoms with van der Waals surface area (Å²) in [5.74, 6) is -1.30. The summed E-state index contributed by atoms with van der Waals surface area (Å²) in [4.78, 5) is 11.4. The zero-order valence-electron chi connectivity index (χ0n) is 11.1. The molecule has 1 aromatic carbocycles. The van der Waals surface area contributed by atoms with Gasteiger partial charge < -0.3 is 15.2 Å². The first-order valence-corrected chi connectivity index (χ1v) is 6.35. The molecule has 0 spiro atoms. The van der Waals surface area contributed by atoms with Gasteiger partial charge in [-0.05, 0) is 37.6 Å². The number of halogens is 1. The summed E-state index contributed by atoms with van der Waals surface area (Å²) in [6.07, 6.45) is 0.751. The highest BCUT2D eigenvalue weighted by molar-refractivity contribution is 5.84. The number of ether oxygens (including phenoxy) is 1. The van der Waals surface area contributed by atoms with Crippen LogP contribution in [0.2, 0.25) is 0 Å². The van der Waals surface area contributed by atoms with Gasteiger partial charge in [-0.25, -0.2) is 9.18 Å². The number of nitrogens with one attached hydrogen (secondary N) is 1. The van der Waals surface area contributed by atoms with Crippen LogP contribution >= 0.6 is 0 Å². The van der Waals surface area contributed by atoms with E-state index in [0.29, 0.717) is 25.1 Å². The Morgan fingerprint density at radius 1 is 1.53 bits per heavy atom. The predicted molar refractivity (Wildman–Crippen MR) is 69.8 cm³/mol. The largest absolute Gasteiger partial charge is 0.480 e. The van der Waals surface area contributed by atoms with Gasteiger partial charge in [0, 0.05) is 25.1 Å². The van der Waals surface area contributed by atoms with E-state index in [9.17, 15) is 14.3 Å². The Balaban J connectivity index is 2.12. The minimum atomic E-state index is -1.04. The Kier molecular flexibility index (Phi) is 3.75. The van der Waals surface area contributed by atoms with Crippen LogP contribution in [-0.2, 0) is 9.53 Å². The second-order valence-corrected chi connectivity index (χ2v) is 5.02. The van der Waals surface area contributed by atoms with Gasteiger partial charge in [-0.1, -0.05) is 0 Å². The Bertz CT molecular complexity index is 463. The molecule has 1 aromatic rings. The molecule has 0 unspecified atom stereocenters. The number of aryl methyl sites for hydroxylation is 1. The minimum absolute atomic E-state index is 0.0387. The summed E-state index contributed by atoms with van der Waals surface area (Å²) >= 11 is 0. The van der Waals surface area contributed by atoms with Crippen molar-refractivity contribution in [3.8, 4) is 0 Å². The molecule has 0 bridgehead atoms. The molecule has 2 N–H and O–H groups in total. The van der Waals surface area contributed by atoms with Crippen molar-refractivity contribution in [3.63, 3.8) is 0 Å². The number of carbonyl (C=O) groups is 1. The molecule has 104 valence electrons. The third-order valence-electron chi connectivity index (χ3n) is 3.39. The van der Waals surface area contributed by atoms with E-state index in [0.717, 1.165) is 5.56 Å². The Morgan fingerprint density at radius 3 is 2.74 bits per heavy atom. The lowest BCUT2D eigenvalue weighted by Crippen LogP contribution is -2.59. The van der Waals surface area contributed by atoms with E-state index in [4.69, 9.17) is 4.74 Å². The summed E-state index contributed by atoms with van der Waals surface area (Å²) in [6.45, 7) is 4.22. The van der Waals surface area contributed by atoms with E-state index in [1.165, 1.54) is 12.1 Å². The van der Waals surface area contributed by atoms with Crippen LogP contribution < -0.4 is 5.32 Å².